The van der Waals surface area contributed by atoms with Crippen LogP contribution < -0.4 is 5.46 Å². The topological polar surface area (TPSA) is 65.8 Å². The summed E-state index contributed by atoms with van der Waals surface area (Å²) in [5, 5.41) is 4.30. The van der Waals surface area contributed by atoms with E-state index in [0.717, 1.165) is 0 Å². The summed E-state index contributed by atoms with van der Waals surface area (Å²) in [6.07, 6.45) is 1.12. The molecule has 1 aromatic rings. The molecule has 0 saturated carbocycles. The van der Waals surface area contributed by atoms with Crippen molar-refractivity contribution in [2.75, 3.05) is 13.1 Å². The average Bonchev–Trinajstić information content (AvgIpc) is 2.97. The van der Waals surface area contributed by atoms with E-state index in [9.17, 15) is 4.79 Å². The zero-order valence-corrected chi connectivity index (χ0v) is 17.5. The molecule has 27 heavy (non-hydrogen) atoms. The van der Waals surface area contributed by atoms with Crippen molar-refractivity contribution >= 4 is 18.7 Å². The van der Waals surface area contributed by atoms with Crippen LogP contribution in [0.15, 0.2) is 12.3 Å². The van der Waals surface area contributed by atoms with Crippen molar-refractivity contribution in [1.82, 2.24) is 14.7 Å². The molecule has 2 aliphatic rings. The highest BCUT2D eigenvalue weighted by Gasteiger charge is 2.52. The first-order chi connectivity index (χ1) is 13.2. The molecule has 0 unspecified atom stereocenters. The third kappa shape index (κ3) is 4.32. The van der Waals surface area contributed by atoms with E-state index in [0.29, 0.717) is 31.4 Å². The maximum atomic E-state index is 12.3. The van der Waals surface area contributed by atoms with Gasteiger partial charge < -0.3 is 18.9 Å². The first kappa shape index (κ1) is 17.6. The van der Waals surface area contributed by atoms with Crippen LogP contribution in [-0.4, -0.2) is 57.8 Å². The minimum absolute atomic E-state index is 0.00284. The Morgan fingerprint density at radius 2 is 1.81 bits per heavy atom. The molecule has 150 valence electrons. The minimum Gasteiger partial charge on any atom is -0.444 e. The predicted molar refractivity (Wildman–Crippen MR) is 104 cm³/mol. The Morgan fingerprint density at radius 1 is 1.26 bits per heavy atom. The van der Waals surface area contributed by atoms with Crippen LogP contribution in [0.5, 0.6) is 0 Å². The number of amides is 1. The standard InChI is InChI=1S/C19H32BN3O4/c1-17(2,3)25-16(24)22-10-8-15(9-11-22)23-13-14(12-21-23)20-26-18(4,5)19(6,7)27-20/h12-13,15H,8-11H2,1-7H3/i12D,13D. The van der Waals surface area contributed by atoms with Crippen LogP contribution >= 0.6 is 0 Å². The molecular weight excluding hydrogens is 345 g/mol. The van der Waals surface area contributed by atoms with E-state index < -0.39 is 23.9 Å². The normalized spacial score (nSPS) is 24.0. The van der Waals surface area contributed by atoms with Crippen molar-refractivity contribution < 1.29 is 21.6 Å². The van der Waals surface area contributed by atoms with E-state index >= 15 is 0 Å². The van der Waals surface area contributed by atoms with Crippen LogP contribution in [0, 0.1) is 0 Å². The Hall–Kier alpha value is -1.54. The summed E-state index contributed by atoms with van der Waals surface area (Å²) < 4.78 is 35.9. The third-order valence-corrected chi connectivity index (χ3v) is 5.46. The number of carbonyl (C=O) groups is 1. The molecule has 0 N–H and O–H groups in total. The summed E-state index contributed by atoms with van der Waals surface area (Å²) in [4.78, 5) is 13.9. The highest BCUT2D eigenvalue weighted by Crippen LogP contribution is 2.36. The second kappa shape index (κ2) is 6.81. The second-order valence-electron chi connectivity index (χ2n) is 9.37. The first-order valence-electron chi connectivity index (χ1n) is 10.6. The average molecular weight is 379 g/mol. The summed E-state index contributed by atoms with van der Waals surface area (Å²) in [6.45, 7) is 14.4. The van der Waals surface area contributed by atoms with Gasteiger partial charge in [0.25, 0.3) is 0 Å². The number of likely N-dealkylation sites (tertiary alicyclic amines) is 1. The lowest BCUT2D eigenvalue weighted by Crippen LogP contribution is -2.42. The highest BCUT2D eigenvalue weighted by molar-refractivity contribution is 6.62. The van der Waals surface area contributed by atoms with Gasteiger partial charge in [-0.2, -0.15) is 5.10 Å². The predicted octanol–water partition coefficient (Wildman–Crippen LogP) is 2.75. The first-order valence-corrected chi connectivity index (χ1v) is 9.61. The van der Waals surface area contributed by atoms with Gasteiger partial charge in [0.15, 0.2) is 0 Å². The molecule has 2 aliphatic heterocycles. The number of ether oxygens (including phenoxy) is 1. The van der Waals surface area contributed by atoms with Crippen molar-refractivity contribution in [3.63, 3.8) is 0 Å². The Balaban J connectivity index is 1.71. The summed E-state index contributed by atoms with van der Waals surface area (Å²) in [6, 6.07) is -0.0542. The fraction of sp³-hybridized carbons (Fsp3) is 0.789. The summed E-state index contributed by atoms with van der Waals surface area (Å²) in [5.41, 5.74) is -1.25. The maximum Gasteiger partial charge on any atom is 0.498 e. The highest BCUT2D eigenvalue weighted by atomic mass is 16.7. The van der Waals surface area contributed by atoms with E-state index in [4.69, 9.17) is 16.8 Å². The Labute approximate surface area is 165 Å². The number of piperidine rings is 1. The van der Waals surface area contributed by atoms with Gasteiger partial charge in [0.05, 0.1) is 20.0 Å². The van der Waals surface area contributed by atoms with Gasteiger partial charge in [-0.05, 0) is 61.3 Å². The zero-order valence-electron chi connectivity index (χ0n) is 19.5. The summed E-state index contributed by atoms with van der Waals surface area (Å²) >= 11 is 0. The SMILES string of the molecule is [2H]c1nn(C2CCN(C(=O)OC(C)(C)C)CC2)c([2H])c1B1OC(C)(C)C(C)(C)O1. The van der Waals surface area contributed by atoms with Gasteiger partial charge in [0.2, 0.25) is 0 Å². The molecule has 7 nitrogen and oxygen atoms in total. The molecule has 0 spiro atoms. The number of carbonyl (C=O) groups excluding carboxylic acids is 1. The van der Waals surface area contributed by atoms with Crippen LogP contribution in [0.25, 0.3) is 0 Å². The van der Waals surface area contributed by atoms with Gasteiger partial charge in [-0.1, -0.05) is 0 Å². The van der Waals surface area contributed by atoms with Crippen molar-refractivity contribution in [1.29, 1.82) is 0 Å². The molecule has 0 aromatic carbocycles. The van der Waals surface area contributed by atoms with E-state index in [1.54, 1.807) is 9.58 Å². The van der Waals surface area contributed by atoms with Gasteiger partial charge in [-0.3, -0.25) is 4.68 Å². The zero-order chi connectivity index (χ0) is 21.8. The maximum absolute atomic E-state index is 12.3. The van der Waals surface area contributed by atoms with Gasteiger partial charge in [0, 0.05) is 30.9 Å². The summed E-state index contributed by atoms with van der Waals surface area (Å²) in [7, 11) is -0.782. The second-order valence-corrected chi connectivity index (χ2v) is 9.37. The number of hydrogen-bond acceptors (Lipinski definition) is 5. The molecule has 3 heterocycles. The molecular formula is C19H32BN3O4. The molecule has 8 heteroatoms. The van der Waals surface area contributed by atoms with Crippen LogP contribution in [0.1, 0.15) is 70.1 Å². The van der Waals surface area contributed by atoms with E-state index in [2.05, 4.69) is 5.10 Å². The Kier molecular flexibility index (Phi) is 4.43. The number of nitrogens with zero attached hydrogens (tertiary/aromatic N) is 3. The number of hydrogen-bond donors (Lipinski definition) is 0. The van der Waals surface area contributed by atoms with Crippen LogP contribution in [0.2, 0.25) is 0 Å². The smallest absolute Gasteiger partial charge is 0.444 e. The molecule has 0 aliphatic carbocycles. The monoisotopic (exact) mass is 379 g/mol. The molecule has 0 radical (unpaired) electrons. The largest absolute Gasteiger partial charge is 0.498 e. The lowest BCUT2D eigenvalue weighted by molar-refractivity contribution is 0.00578. The number of aromatic nitrogens is 2. The van der Waals surface area contributed by atoms with Gasteiger partial charge in [0.1, 0.15) is 5.60 Å². The van der Waals surface area contributed by atoms with Gasteiger partial charge in [-0.15, -0.1) is 0 Å². The van der Waals surface area contributed by atoms with Crippen molar-refractivity contribution in [3.8, 4) is 0 Å². The van der Waals surface area contributed by atoms with Crippen LogP contribution in [0.3, 0.4) is 0 Å². The quantitative estimate of drug-likeness (QED) is 0.740. The molecule has 3 rings (SSSR count). The van der Waals surface area contributed by atoms with E-state index in [1.165, 1.54) is 0 Å². The van der Waals surface area contributed by atoms with E-state index in [-0.39, 0.29) is 24.5 Å². The minimum atomic E-state index is -0.782. The van der Waals surface area contributed by atoms with Crippen molar-refractivity contribution in [2.45, 2.75) is 84.2 Å². The number of rotatable bonds is 2. The molecule has 1 amide bonds. The van der Waals surface area contributed by atoms with Crippen molar-refractivity contribution in [3.05, 3.63) is 12.3 Å². The molecule has 2 saturated heterocycles. The molecule has 0 atom stereocenters. The molecule has 0 bridgehead atoms. The Bertz CT molecular complexity index is 767. The Morgan fingerprint density at radius 3 is 2.33 bits per heavy atom. The van der Waals surface area contributed by atoms with Crippen LogP contribution in [0.4, 0.5) is 4.79 Å². The van der Waals surface area contributed by atoms with Gasteiger partial charge >= 0.3 is 13.2 Å². The van der Waals surface area contributed by atoms with Gasteiger partial charge in [-0.25, -0.2) is 4.79 Å². The lowest BCUT2D eigenvalue weighted by Gasteiger charge is -2.33. The van der Waals surface area contributed by atoms with Crippen LogP contribution in [-0.2, 0) is 14.0 Å². The molecule has 1 aromatic heterocycles. The van der Waals surface area contributed by atoms with E-state index in [1.807, 2.05) is 48.5 Å². The third-order valence-electron chi connectivity index (χ3n) is 5.46. The fourth-order valence-corrected chi connectivity index (χ4v) is 3.14. The summed E-state index contributed by atoms with van der Waals surface area (Å²) in [5.74, 6) is 0. The molecule has 2 fully saturated rings. The lowest BCUT2D eigenvalue weighted by atomic mass is 9.82. The fourth-order valence-electron chi connectivity index (χ4n) is 3.14. The van der Waals surface area contributed by atoms with Crippen molar-refractivity contribution in [2.24, 2.45) is 0 Å².